The zero-order valence-electron chi connectivity index (χ0n) is 16.8. The average Bonchev–Trinajstić information content (AvgIpc) is 3.29. The van der Waals surface area contributed by atoms with Crippen LogP contribution in [-0.2, 0) is 14.1 Å². The summed E-state index contributed by atoms with van der Waals surface area (Å²) in [4.78, 5) is 27.1. The first-order chi connectivity index (χ1) is 13.8. The fourth-order valence-corrected chi connectivity index (χ4v) is 3.81. The van der Waals surface area contributed by atoms with Gasteiger partial charge in [-0.25, -0.2) is 14.0 Å². The van der Waals surface area contributed by atoms with Crippen LogP contribution in [0.3, 0.4) is 0 Å². The van der Waals surface area contributed by atoms with Crippen molar-refractivity contribution >= 4 is 34.1 Å². The van der Waals surface area contributed by atoms with Crippen LogP contribution in [0.15, 0.2) is 35.1 Å². The predicted octanol–water partition coefficient (Wildman–Crippen LogP) is 3.57. The lowest BCUT2D eigenvalue weighted by molar-refractivity contribution is 0.262. The number of aromatic nitrogens is 2. The van der Waals surface area contributed by atoms with Crippen LogP contribution in [0.5, 0.6) is 0 Å². The number of fused-ring (bicyclic) bond motifs is 1. The summed E-state index contributed by atoms with van der Waals surface area (Å²) in [6, 6.07) is 7.87. The fourth-order valence-electron chi connectivity index (χ4n) is 3.81. The zero-order valence-corrected chi connectivity index (χ0v) is 16.8. The Morgan fingerprint density at radius 2 is 1.66 bits per heavy atom. The third-order valence-electron chi connectivity index (χ3n) is 5.51. The van der Waals surface area contributed by atoms with Gasteiger partial charge in [0.2, 0.25) is 0 Å². The highest BCUT2D eigenvalue weighted by atomic mass is 19.1. The molecule has 1 saturated heterocycles. The van der Waals surface area contributed by atoms with E-state index in [-0.39, 0.29) is 11.5 Å². The molecule has 1 aliphatic rings. The summed E-state index contributed by atoms with van der Waals surface area (Å²) in [5.74, 6) is -0.374. The Morgan fingerprint density at radius 1 is 1.00 bits per heavy atom. The molecule has 2 amide bonds. The number of urea groups is 1. The first-order valence-corrected chi connectivity index (χ1v) is 9.63. The maximum atomic E-state index is 13.8. The zero-order chi connectivity index (χ0) is 20.7. The van der Waals surface area contributed by atoms with E-state index >= 15 is 0 Å². The van der Waals surface area contributed by atoms with Gasteiger partial charge in [-0.2, -0.15) is 0 Å². The quantitative estimate of drug-likeness (QED) is 0.710. The summed E-state index contributed by atoms with van der Waals surface area (Å²) in [5, 5.41) is 5.55. The summed E-state index contributed by atoms with van der Waals surface area (Å²) in [7, 11) is 3.45. The number of imidazole rings is 1. The number of nitrogens with zero attached hydrogens (tertiary/aromatic N) is 3. The second-order valence-corrected chi connectivity index (χ2v) is 7.50. The second-order valence-electron chi connectivity index (χ2n) is 7.50. The van der Waals surface area contributed by atoms with Crippen LogP contribution >= 0.6 is 0 Å². The molecular formula is C21H24FN5O2. The number of nitrogens with one attached hydrogen (secondary N) is 2. The van der Waals surface area contributed by atoms with Crippen LogP contribution in [0, 0.1) is 12.7 Å². The molecule has 0 aliphatic carbocycles. The van der Waals surface area contributed by atoms with Crippen molar-refractivity contribution in [1.82, 2.24) is 9.13 Å². The first-order valence-electron chi connectivity index (χ1n) is 9.63. The van der Waals surface area contributed by atoms with Gasteiger partial charge in [0.05, 0.1) is 22.4 Å². The summed E-state index contributed by atoms with van der Waals surface area (Å²) in [6.45, 7) is 3.46. The minimum absolute atomic E-state index is 0.121. The molecule has 1 aromatic heterocycles. The average molecular weight is 397 g/mol. The van der Waals surface area contributed by atoms with Crippen LogP contribution in [-0.4, -0.2) is 28.3 Å². The summed E-state index contributed by atoms with van der Waals surface area (Å²) in [5.41, 5.74) is 3.81. The van der Waals surface area contributed by atoms with Crippen molar-refractivity contribution in [2.45, 2.75) is 19.8 Å². The SMILES string of the molecule is Cc1ccc(NC(=O)Nc2cc3c(cc2N2CCCC2)n(C)c(=O)n3C)cc1F. The number of halogens is 1. The van der Waals surface area contributed by atoms with Crippen molar-refractivity contribution in [3.63, 3.8) is 0 Å². The summed E-state index contributed by atoms with van der Waals surface area (Å²) in [6.07, 6.45) is 2.17. The number of benzene rings is 2. The lowest BCUT2D eigenvalue weighted by Crippen LogP contribution is -2.24. The molecule has 2 heterocycles. The van der Waals surface area contributed by atoms with E-state index in [2.05, 4.69) is 15.5 Å². The molecule has 7 nitrogen and oxygen atoms in total. The molecule has 8 heteroatoms. The van der Waals surface area contributed by atoms with E-state index in [9.17, 15) is 14.0 Å². The lowest BCUT2D eigenvalue weighted by atomic mass is 10.2. The van der Waals surface area contributed by atoms with Gasteiger partial charge in [-0.1, -0.05) is 6.07 Å². The fraction of sp³-hybridized carbons (Fsp3) is 0.333. The first kappa shape index (κ1) is 19.0. The molecule has 4 rings (SSSR count). The van der Waals surface area contributed by atoms with Crippen LogP contribution < -0.4 is 21.2 Å². The van der Waals surface area contributed by atoms with Gasteiger partial charge in [-0.3, -0.25) is 9.13 Å². The number of rotatable bonds is 3. The number of amides is 2. The summed E-state index contributed by atoms with van der Waals surface area (Å²) < 4.78 is 16.9. The van der Waals surface area contributed by atoms with Crippen molar-refractivity contribution in [2.24, 2.45) is 14.1 Å². The van der Waals surface area contributed by atoms with Crippen LogP contribution in [0.2, 0.25) is 0 Å². The second kappa shape index (κ2) is 7.27. The molecule has 0 unspecified atom stereocenters. The molecule has 0 saturated carbocycles. The Kier molecular flexibility index (Phi) is 4.77. The van der Waals surface area contributed by atoms with E-state index in [4.69, 9.17) is 0 Å². The van der Waals surface area contributed by atoms with E-state index in [1.807, 2.05) is 12.1 Å². The standard InChI is InChI=1S/C21H24FN5O2/c1-13-6-7-14(10-15(13)22)23-20(28)24-16-11-18-19(26(3)21(29)25(18)2)12-17(16)27-8-4-5-9-27/h6-7,10-12H,4-5,8-9H2,1-3H3,(H2,23,24,28). The molecule has 1 aliphatic heterocycles. The normalized spacial score (nSPS) is 13.9. The third kappa shape index (κ3) is 3.46. The molecule has 0 spiro atoms. The number of aryl methyl sites for hydroxylation is 3. The van der Waals surface area contributed by atoms with Gasteiger partial charge in [0.25, 0.3) is 0 Å². The highest BCUT2D eigenvalue weighted by molar-refractivity contribution is 6.04. The Morgan fingerprint density at radius 3 is 2.31 bits per heavy atom. The van der Waals surface area contributed by atoms with Gasteiger partial charge in [0, 0.05) is 32.9 Å². The highest BCUT2D eigenvalue weighted by Gasteiger charge is 2.20. The summed E-state index contributed by atoms with van der Waals surface area (Å²) >= 11 is 0. The Balaban J connectivity index is 1.69. The predicted molar refractivity (Wildman–Crippen MR) is 113 cm³/mol. The third-order valence-corrected chi connectivity index (χ3v) is 5.51. The van der Waals surface area contributed by atoms with E-state index < -0.39 is 6.03 Å². The van der Waals surface area contributed by atoms with E-state index in [0.29, 0.717) is 16.9 Å². The number of hydrogen-bond acceptors (Lipinski definition) is 3. The molecule has 2 aromatic carbocycles. The van der Waals surface area contributed by atoms with Crippen LogP contribution in [0.25, 0.3) is 11.0 Å². The van der Waals surface area contributed by atoms with Gasteiger partial charge in [0.15, 0.2) is 0 Å². The molecule has 0 radical (unpaired) electrons. The molecular weight excluding hydrogens is 373 g/mol. The van der Waals surface area contributed by atoms with Gasteiger partial charge < -0.3 is 15.5 Å². The number of carbonyl (C=O) groups excluding carboxylic acids is 1. The maximum Gasteiger partial charge on any atom is 0.328 e. The Labute approximate surface area is 167 Å². The number of anilines is 3. The molecule has 0 atom stereocenters. The molecule has 29 heavy (non-hydrogen) atoms. The van der Waals surface area contributed by atoms with Crippen molar-refractivity contribution in [1.29, 1.82) is 0 Å². The molecule has 1 fully saturated rings. The monoisotopic (exact) mass is 397 g/mol. The Bertz CT molecular complexity index is 1160. The smallest absolute Gasteiger partial charge is 0.328 e. The maximum absolute atomic E-state index is 13.8. The molecule has 0 bridgehead atoms. The van der Waals surface area contributed by atoms with Crippen molar-refractivity contribution in [3.8, 4) is 0 Å². The van der Waals surface area contributed by atoms with Crippen LogP contribution in [0.4, 0.5) is 26.2 Å². The number of carbonyl (C=O) groups is 1. The topological polar surface area (TPSA) is 71.3 Å². The van der Waals surface area contributed by atoms with Gasteiger partial charge >= 0.3 is 11.7 Å². The minimum Gasteiger partial charge on any atom is -0.370 e. The molecule has 3 aromatic rings. The largest absolute Gasteiger partial charge is 0.370 e. The molecule has 2 N–H and O–H groups in total. The van der Waals surface area contributed by atoms with Gasteiger partial charge in [0.1, 0.15) is 5.82 Å². The van der Waals surface area contributed by atoms with E-state index in [1.54, 1.807) is 42.3 Å². The van der Waals surface area contributed by atoms with Crippen molar-refractivity contribution in [3.05, 3.63) is 52.2 Å². The van der Waals surface area contributed by atoms with Crippen LogP contribution in [0.1, 0.15) is 18.4 Å². The highest BCUT2D eigenvalue weighted by Crippen LogP contribution is 2.33. The van der Waals surface area contributed by atoms with E-state index in [1.165, 1.54) is 6.07 Å². The van der Waals surface area contributed by atoms with Crippen molar-refractivity contribution in [2.75, 3.05) is 28.6 Å². The Hall–Kier alpha value is -3.29. The van der Waals surface area contributed by atoms with Gasteiger partial charge in [-0.05, 0) is 49.6 Å². The number of hydrogen-bond donors (Lipinski definition) is 2. The van der Waals surface area contributed by atoms with Gasteiger partial charge in [-0.15, -0.1) is 0 Å². The van der Waals surface area contributed by atoms with Crippen molar-refractivity contribution < 1.29 is 9.18 Å². The minimum atomic E-state index is -0.464. The molecule has 152 valence electrons. The van der Waals surface area contributed by atoms with E-state index in [0.717, 1.165) is 42.7 Å². The lowest BCUT2D eigenvalue weighted by Gasteiger charge is -2.22.